The maximum Gasteiger partial charge on any atom is 0.344 e. The summed E-state index contributed by atoms with van der Waals surface area (Å²) < 4.78 is 10.3. The van der Waals surface area contributed by atoms with Crippen molar-refractivity contribution in [2.45, 2.75) is 20.3 Å². The monoisotopic (exact) mass is 341 g/mol. The minimum absolute atomic E-state index is 0.221. The molecule has 0 heterocycles. The highest BCUT2D eigenvalue weighted by Crippen LogP contribution is 2.18. The van der Waals surface area contributed by atoms with Gasteiger partial charge in [0.25, 0.3) is 5.91 Å². The fourth-order valence-electron chi connectivity index (χ4n) is 2.33. The fourth-order valence-corrected chi connectivity index (χ4v) is 2.33. The van der Waals surface area contributed by atoms with Crippen LogP contribution in [0, 0.1) is 13.8 Å². The Bertz CT molecular complexity index is 713. The van der Waals surface area contributed by atoms with E-state index in [4.69, 9.17) is 9.47 Å². The number of amides is 1. The summed E-state index contributed by atoms with van der Waals surface area (Å²) in [7, 11) is 0. The molecule has 0 saturated heterocycles. The van der Waals surface area contributed by atoms with E-state index in [9.17, 15) is 9.59 Å². The third-order valence-corrected chi connectivity index (χ3v) is 3.62. The highest BCUT2D eigenvalue weighted by molar-refractivity contribution is 5.80. The second kappa shape index (κ2) is 9.47. The first-order chi connectivity index (χ1) is 12.0. The number of hydrogen-bond acceptors (Lipinski definition) is 4. The summed E-state index contributed by atoms with van der Waals surface area (Å²) in [5.74, 6) is -0.260. The van der Waals surface area contributed by atoms with Crippen LogP contribution in [-0.4, -0.2) is 31.6 Å². The Balaban J connectivity index is 1.63. The zero-order valence-corrected chi connectivity index (χ0v) is 14.6. The maximum atomic E-state index is 11.7. The van der Waals surface area contributed by atoms with Gasteiger partial charge in [-0.3, -0.25) is 4.79 Å². The van der Waals surface area contributed by atoms with Gasteiger partial charge in [0.1, 0.15) is 5.75 Å². The Hall–Kier alpha value is -2.82. The average molecular weight is 341 g/mol. The summed E-state index contributed by atoms with van der Waals surface area (Å²) in [6.07, 6.45) is 0.732. The number of nitrogens with one attached hydrogen (secondary N) is 1. The molecule has 2 aromatic carbocycles. The average Bonchev–Trinajstić information content (AvgIpc) is 2.60. The van der Waals surface area contributed by atoms with Crippen molar-refractivity contribution < 1.29 is 19.1 Å². The standard InChI is InChI=1S/C20H23NO4/c1-15-8-9-18(16(2)12-15)24-14-20(23)25-13-19(22)21-11-10-17-6-4-3-5-7-17/h3-9,12H,10-11,13-14H2,1-2H3,(H,21,22). The molecule has 0 fully saturated rings. The molecule has 0 bridgehead atoms. The van der Waals surface area contributed by atoms with Crippen molar-refractivity contribution in [2.24, 2.45) is 0 Å². The minimum Gasteiger partial charge on any atom is -0.482 e. The van der Waals surface area contributed by atoms with E-state index in [2.05, 4.69) is 5.32 Å². The molecule has 0 atom stereocenters. The Kier molecular flexibility index (Phi) is 7.01. The Morgan fingerprint density at radius 3 is 2.48 bits per heavy atom. The SMILES string of the molecule is Cc1ccc(OCC(=O)OCC(=O)NCCc2ccccc2)c(C)c1. The van der Waals surface area contributed by atoms with Gasteiger partial charge in [-0.25, -0.2) is 4.79 Å². The van der Waals surface area contributed by atoms with Crippen LogP contribution in [0.2, 0.25) is 0 Å². The number of carbonyl (C=O) groups excluding carboxylic acids is 2. The molecular formula is C20H23NO4. The molecule has 0 radical (unpaired) electrons. The van der Waals surface area contributed by atoms with Gasteiger partial charge < -0.3 is 14.8 Å². The third kappa shape index (κ3) is 6.67. The summed E-state index contributed by atoms with van der Waals surface area (Å²) in [6, 6.07) is 15.5. The first kappa shape index (κ1) is 18.5. The normalized spacial score (nSPS) is 10.2. The first-order valence-corrected chi connectivity index (χ1v) is 8.21. The third-order valence-electron chi connectivity index (χ3n) is 3.62. The molecule has 132 valence electrons. The van der Waals surface area contributed by atoms with Crippen LogP contribution in [0.15, 0.2) is 48.5 Å². The van der Waals surface area contributed by atoms with Crippen LogP contribution in [0.5, 0.6) is 5.75 Å². The van der Waals surface area contributed by atoms with Gasteiger partial charge >= 0.3 is 5.97 Å². The molecule has 5 nitrogen and oxygen atoms in total. The van der Waals surface area contributed by atoms with Crippen LogP contribution < -0.4 is 10.1 Å². The molecule has 1 amide bonds. The lowest BCUT2D eigenvalue weighted by Gasteiger charge is -2.10. The Labute approximate surface area is 148 Å². The summed E-state index contributed by atoms with van der Waals surface area (Å²) in [5.41, 5.74) is 3.22. The van der Waals surface area contributed by atoms with Gasteiger partial charge in [-0.15, -0.1) is 0 Å². The van der Waals surface area contributed by atoms with Gasteiger partial charge in [-0.1, -0.05) is 48.0 Å². The van der Waals surface area contributed by atoms with Crippen LogP contribution in [0.4, 0.5) is 0 Å². The van der Waals surface area contributed by atoms with Crippen molar-refractivity contribution >= 4 is 11.9 Å². The van der Waals surface area contributed by atoms with Gasteiger partial charge in [0, 0.05) is 6.54 Å². The minimum atomic E-state index is -0.571. The summed E-state index contributed by atoms with van der Waals surface area (Å²) in [6.45, 7) is 3.87. The van der Waals surface area contributed by atoms with E-state index in [1.54, 1.807) is 0 Å². The summed E-state index contributed by atoms with van der Waals surface area (Å²) in [4.78, 5) is 23.3. The van der Waals surface area contributed by atoms with E-state index >= 15 is 0 Å². The van der Waals surface area contributed by atoms with Crippen molar-refractivity contribution in [2.75, 3.05) is 19.8 Å². The number of hydrogen-bond donors (Lipinski definition) is 1. The number of esters is 1. The number of benzene rings is 2. The first-order valence-electron chi connectivity index (χ1n) is 8.21. The molecule has 1 N–H and O–H groups in total. The van der Waals surface area contributed by atoms with E-state index in [0.29, 0.717) is 12.3 Å². The molecule has 0 aliphatic heterocycles. The molecule has 0 unspecified atom stereocenters. The largest absolute Gasteiger partial charge is 0.482 e. The highest BCUT2D eigenvalue weighted by atomic mass is 16.6. The van der Waals surface area contributed by atoms with Crippen LogP contribution in [0.3, 0.4) is 0 Å². The lowest BCUT2D eigenvalue weighted by Crippen LogP contribution is -2.31. The second-order valence-electron chi connectivity index (χ2n) is 5.80. The smallest absolute Gasteiger partial charge is 0.344 e. The van der Waals surface area contributed by atoms with E-state index in [0.717, 1.165) is 23.1 Å². The van der Waals surface area contributed by atoms with Crippen molar-refractivity contribution in [3.05, 3.63) is 65.2 Å². The molecule has 0 aliphatic carbocycles. The molecular weight excluding hydrogens is 318 g/mol. The topological polar surface area (TPSA) is 64.6 Å². The molecule has 0 spiro atoms. The fraction of sp³-hybridized carbons (Fsp3) is 0.300. The van der Waals surface area contributed by atoms with Gasteiger partial charge in [-0.2, -0.15) is 0 Å². The van der Waals surface area contributed by atoms with Gasteiger partial charge in [-0.05, 0) is 37.5 Å². The molecule has 25 heavy (non-hydrogen) atoms. The summed E-state index contributed by atoms with van der Waals surface area (Å²) in [5, 5.41) is 2.72. The Morgan fingerprint density at radius 2 is 1.76 bits per heavy atom. The predicted octanol–water partition coefficient (Wildman–Crippen LogP) is 2.58. The quantitative estimate of drug-likeness (QED) is 0.750. The van der Waals surface area contributed by atoms with Gasteiger partial charge in [0.2, 0.25) is 0 Å². The van der Waals surface area contributed by atoms with Gasteiger partial charge in [0.05, 0.1) is 0 Å². The second-order valence-corrected chi connectivity index (χ2v) is 5.80. The van der Waals surface area contributed by atoms with E-state index < -0.39 is 5.97 Å². The van der Waals surface area contributed by atoms with Crippen molar-refractivity contribution in [3.8, 4) is 5.75 Å². The predicted molar refractivity (Wildman–Crippen MR) is 95.5 cm³/mol. The number of ether oxygens (including phenoxy) is 2. The molecule has 2 aromatic rings. The lowest BCUT2D eigenvalue weighted by atomic mass is 10.1. The van der Waals surface area contributed by atoms with Crippen LogP contribution in [0.25, 0.3) is 0 Å². The number of carbonyl (C=O) groups is 2. The van der Waals surface area contributed by atoms with Crippen LogP contribution in [-0.2, 0) is 20.7 Å². The Morgan fingerprint density at radius 1 is 1.00 bits per heavy atom. The van der Waals surface area contributed by atoms with E-state index in [1.807, 2.05) is 62.4 Å². The number of aryl methyl sites for hydroxylation is 2. The molecule has 5 heteroatoms. The van der Waals surface area contributed by atoms with Crippen LogP contribution in [0.1, 0.15) is 16.7 Å². The van der Waals surface area contributed by atoms with Gasteiger partial charge in [0.15, 0.2) is 13.2 Å². The lowest BCUT2D eigenvalue weighted by molar-refractivity contribution is -0.150. The molecule has 0 aliphatic rings. The molecule has 0 aromatic heterocycles. The maximum absolute atomic E-state index is 11.7. The zero-order chi connectivity index (χ0) is 18.1. The zero-order valence-electron chi connectivity index (χ0n) is 14.6. The summed E-state index contributed by atoms with van der Waals surface area (Å²) >= 11 is 0. The molecule has 0 saturated carbocycles. The van der Waals surface area contributed by atoms with Crippen molar-refractivity contribution in [3.63, 3.8) is 0 Å². The number of rotatable bonds is 8. The highest BCUT2D eigenvalue weighted by Gasteiger charge is 2.09. The van der Waals surface area contributed by atoms with E-state index in [-0.39, 0.29) is 19.1 Å². The van der Waals surface area contributed by atoms with E-state index in [1.165, 1.54) is 0 Å². The van der Waals surface area contributed by atoms with Crippen LogP contribution >= 0.6 is 0 Å². The van der Waals surface area contributed by atoms with Crippen molar-refractivity contribution in [1.29, 1.82) is 0 Å². The molecule has 2 rings (SSSR count). The van der Waals surface area contributed by atoms with Crippen molar-refractivity contribution in [1.82, 2.24) is 5.32 Å².